The Morgan fingerprint density at radius 2 is 2.06 bits per heavy atom. The highest BCUT2D eigenvalue weighted by molar-refractivity contribution is 7.86. The molecule has 5 nitrogen and oxygen atoms in total. The molecule has 0 saturated carbocycles. The molecule has 0 aliphatic heterocycles. The molecule has 0 saturated heterocycles. The Morgan fingerprint density at radius 1 is 1.50 bits per heavy atom. The predicted molar refractivity (Wildman–Crippen MR) is 49.9 cm³/mol. The Labute approximate surface area is 93.4 Å². The second kappa shape index (κ2) is 4.01. The summed E-state index contributed by atoms with van der Waals surface area (Å²) in [6, 6.07) is 0.414. The van der Waals surface area contributed by atoms with E-state index in [0.29, 0.717) is 12.3 Å². The lowest BCUT2D eigenvalue weighted by Gasteiger charge is -2.07. The first-order chi connectivity index (χ1) is 7.08. The van der Waals surface area contributed by atoms with E-state index in [2.05, 4.69) is 21.4 Å². The molecule has 10 heteroatoms. The molecule has 0 aliphatic rings. The van der Waals surface area contributed by atoms with Crippen LogP contribution in [0, 0.1) is 4.77 Å². The summed E-state index contributed by atoms with van der Waals surface area (Å²) >= 11 is 4.40. The van der Waals surface area contributed by atoms with Crippen LogP contribution in [0.4, 0.5) is 13.2 Å². The Kier molecular flexibility index (Phi) is 3.24. The number of rotatable bonds is 2. The van der Waals surface area contributed by atoms with Gasteiger partial charge in [-0.1, -0.05) is 0 Å². The average molecular weight is 274 g/mol. The molecule has 1 rings (SSSR count). The van der Waals surface area contributed by atoms with Crippen LogP contribution in [-0.2, 0) is 16.3 Å². The minimum absolute atomic E-state index is 0.414. The number of hydrogen-bond acceptors (Lipinski definition) is 5. The molecule has 0 aromatic carbocycles. The van der Waals surface area contributed by atoms with Crippen LogP contribution >= 0.6 is 12.2 Å². The van der Waals surface area contributed by atoms with Crippen LogP contribution in [0.15, 0.2) is 6.07 Å². The molecule has 0 fully saturated rings. The molecule has 0 amide bonds. The zero-order chi connectivity index (χ0) is 12.6. The van der Waals surface area contributed by atoms with Gasteiger partial charge in [0.2, 0.25) is 10.7 Å². The summed E-state index contributed by atoms with van der Waals surface area (Å²) in [5.41, 5.74) is -1.23. The largest absolute Gasteiger partial charge is 0.431 e. The Balaban J connectivity index is 3.24. The molecule has 1 N–H and O–H groups in total. The highest BCUT2D eigenvalue weighted by Gasteiger charge is 2.32. The van der Waals surface area contributed by atoms with Gasteiger partial charge in [-0.2, -0.15) is 26.6 Å². The van der Waals surface area contributed by atoms with Gasteiger partial charge in [0.1, 0.15) is 5.69 Å². The molecular weight excluding hydrogens is 269 g/mol. The van der Waals surface area contributed by atoms with E-state index in [1.54, 1.807) is 4.98 Å². The maximum absolute atomic E-state index is 12.3. The molecule has 90 valence electrons. The normalized spacial score (nSPS) is 12.5. The van der Waals surface area contributed by atoms with E-state index in [1.807, 2.05) is 0 Å². The molecule has 0 bridgehead atoms. The van der Waals surface area contributed by atoms with Gasteiger partial charge in [-0.05, 0) is 12.2 Å². The lowest BCUT2D eigenvalue weighted by molar-refractivity contribution is -0.141. The maximum atomic E-state index is 12.3. The van der Waals surface area contributed by atoms with E-state index >= 15 is 0 Å². The van der Waals surface area contributed by atoms with Crippen molar-refractivity contribution in [2.75, 3.05) is 6.26 Å². The molecule has 1 aromatic rings. The van der Waals surface area contributed by atoms with Gasteiger partial charge in [0.15, 0.2) is 0 Å². The molecule has 1 aromatic heterocycles. The third-order valence-corrected chi connectivity index (χ3v) is 1.93. The molecule has 16 heavy (non-hydrogen) atoms. The van der Waals surface area contributed by atoms with Gasteiger partial charge in [0, 0.05) is 6.07 Å². The van der Waals surface area contributed by atoms with Crippen LogP contribution < -0.4 is 4.18 Å². The molecule has 1 heterocycles. The van der Waals surface area contributed by atoms with Gasteiger partial charge in [0.05, 0.1) is 6.26 Å². The Morgan fingerprint density at radius 3 is 2.50 bits per heavy atom. The SMILES string of the molecule is CS(=O)(=O)Oc1cc(C(F)(F)F)[nH]c(=S)n1. The summed E-state index contributed by atoms with van der Waals surface area (Å²) in [5, 5.41) is 0. The highest BCUT2D eigenvalue weighted by Crippen LogP contribution is 2.29. The van der Waals surface area contributed by atoms with Gasteiger partial charge >= 0.3 is 16.3 Å². The minimum atomic E-state index is -4.69. The molecule has 0 atom stereocenters. The van der Waals surface area contributed by atoms with Crippen molar-refractivity contribution >= 4 is 22.3 Å². The van der Waals surface area contributed by atoms with Crippen molar-refractivity contribution in [3.05, 3.63) is 16.5 Å². The lowest BCUT2D eigenvalue weighted by atomic mass is 10.4. The maximum Gasteiger partial charge on any atom is 0.431 e. The van der Waals surface area contributed by atoms with E-state index in [-0.39, 0.29) is 0 Å². The van der Waals surface area contributed by atoms with Gasteiger partial charge in [-0.3, -0.25) is 0 Å². The number of H-pyrrole nitrogens is 1. The van der Waals surface area contributed by atoms with E-state index in [4.69, 9.17) is 0 Å². The molecule has 0 spiro atoms. The Hall–Kier alpha value is -1.16. The van der Waals surface area contributed by atoms with E-state index in [1.165, 1.54) is 0 Å². The number of nitrogens with one attached hydrogen (secondary N) is 1. The first kappa shape index (κ1) is 12.9. The van der Waals surface area contributed by atoms with Crippen LogP contribution in [-0.4, -0.2) is 24.6 Å². The molecule has 0 radical (unpaired) electrons. The summed E-state index contributed by atoms with van der Waals surface area (Å²) in [6.07, 6.45) is -4.01. The fourth-order valence-electron chi connectivity index (χ4n) is 0.786. The lowest BCUT2D eigenvalue weighted by Crippen LogP contribution is -2.12. The summed E-state index contributed by atoms with van der Waals surface area (Å²) in [5.74, 6) is -0.724. The van der Waals surface area contributed by atoms with Gasteiger partial charge in [0.25, 0.3) is 0 Å². The van der Waals surface area contributed by atoms with Crippen molar-refractivity contribution in [2.45, 2.75) is 6.18 Å². The second-order valence-corrected chi connectivity index (χ2v) is 4.69. The molecule has 0 unspecified atom stereocenters. The number of halogens is 3. The molecular formula is C6H5F3N2O3S2. The average Bonchev–Trinajstić information content (AvgIpc) is 1.97. The van der Waals surface area contributed by atoms with Gasteiger partial charge in [-0.15, -0.1) is 0 Å². The number of aromatic nitrogens is 2. The first-order valence-electron chi connectivity index (χ1n) is 3.66. The quantitative estimate of drug-likeness (QED) is 0.653. The number of hydrogen-bond donors (Lipinski definition) is 1. The van der Waals surface area contributed by atoms with Crippen LogP contribution in [0.5, 0.6) is 5.88 Å². The van der Waals surface area contributed by atoms with Crippen molar-refractivity contribution < 1.29 is 25.8 Å². The fraction of sp³-hybridized carbons (Fsp3) is 0.333. The first-order valence-corrected chi connectivity index (χ1v) is 5.88. The van der Waals surface area contributed by atoms with Crippen molar-refractivity contribution in [2.24, 2.45) is 0 Å². The summed E-state index contributed by atoms with van der Waals surface area (Å²) < 4.78 is 61.9. The standard InChI is InChI=1S/C6H5F3N2O3S2/c1-16(12,13)14-4-2-3(6(7,8)9)10-5(15)11-4/h2H,1H3,(H,10,11,15). The number of aromatic amines is 1. The van der Waals surface area contributed by atoms with Crippen molar-refractivity contribution in [3.63, 3.8) is 0 Å². The van der Waals surface area contributed by atoms with Gasteiger partial charge < -0.3 is 9.17 Å². The smallest absolute Gasteiger partial charge is 0.362 e. The van der Waals surface area contributed by atoms with Crippen molar-refractivity contribution in [3.8, 4) is 5.88 Å². The van der Waals surface area contributed by atoms with E-state index < -0.39 is 32.6 Å². The van der Waals surface area contributed by atoms with E-state index in [9.17, 15) is 21.6 Å². The van der Waals surface area contributed by atoms with Crippen LogP contribution in [0.2, 0.25) is 0 Å². The minimum Gasteiger partial charge on any atom is -0.362 e. The topological polar surface area (TPSA) is 72.1 Å². The third-order valence-electron chi connectivity index (χ3n) is 1.26. The zero-order valence-corrected chi connectivity index (χ0v) is 9.33. The van der Waals surface area contributed by atoms with Gasteiger partial charge in [-0.25, -0.2) is 0 Å². The molecule has 0 aliphatic carbocycles. The zero-order valence-electron chi connectivity index (χ0n) is 7.70. The monoisotopic (exact) mass is 274 g/mol. The van der Waals surface area contributed by atoms with Crippen molar-refractivity contribution in [1.82, 2.24) is 9.97 Å². The van der Waals surface area contributed by atoms with Crippen LogP contribution in [0.3, 0.4) is 0 Å². The summed E-state index contributed by atoms with van der Waals surface area (Å²) in [7, 11) is -3.95. The summed E-state index contributed by atoms with van der Waals surface area (Å²) in [4.78, 5) is 5.07. The fourth-order valence-corrected chi connectivity index (χ4v) is 1.38. The second-order valence-electron chi connectivity index (χ2n) is 2.72. The highest BCUT2D eigenvalue weighted by atomic mass is 32.2. The van der Waals surface area contributed by atoms with Crippen molar-refractivity contribution in [1.29, 1.82) is 0 Å². The number of nitrogens with zero attached hydrogens (tertiary/aromatic N) is 1. The van der Waals surface area contributed by atoms with Crippen LogP contribution in [0.1, 0.15) is 5.69 Å². The van der Waals surface area contributed by atoms with E-state index in [0.717, 1.165) is 0 Å². The Bertz CT molecular complexity index is 549. The van der Waals surface area contributed by atoms with Crippen LogP contribution in [0.25, 0.3) is 0 Å². The number of alkyl halides is 3. The predicted octanol–water partition coefficient (Wildman–Crippen LogP) is 1.50. The third kappa shape index (κ3) is 3.77. The summed E-state index contributed by atoms with van der Waals surface area (Å²) in [6.45, 7) is 0.